The van der Waals surface area contributed by atoms with E-state index in [0.717, 1.165) is 6.54 Å². The van der Waals surface area contributed by atoms with Gasteiger partial charge in [0.05, 0.1) is 5.54 Å². The largest absolute Gasteiger partial charge is 0.378 e. The lowest BCUT2D eigenvalue weighted by Crippen LogP contribution is -2.55. The average molecular weight is 260 g/mol. The SMILES string of the molecule is Cc1ccccc1NC1(CN)CCCCC1C(C)C. The zero-order valence-corrected chi connectivity index (χ0v) is 12.6. The van der Waals surface area contributed by atoms with Crippen molar-refractivity contribution in [1.82, 2.24) is 0 Å². The normalized spacial score (nSPS) is 27.5. The van der Waals surface area contributed by atoms with Gasteiger partial charge in [0.15, 0.2) is 0 Å². The number of nitrogens with two attached hydrogens (primary N) is 1. The van der Waals surface area contributed by atoms with E-state index in [1.165, 1.54) is 36.9 Å². The van der Waals surface area contributed by atoms with Gasteiger partial charge in [0.1, 0.15) is 0 Å². The first-order chi connectivity index (χ1) is 9.09. The summed E-state index contributed by atoms with van der Waals surface area (Å²) in [5.74, 6) is 1.35. The highest BCUT2D eigenvalue weighted by molar-refractivity contribution is 5.52. The van der Waals surface area contributed by atoms with Gasteiger partial charge in [-0.1, -0.05) is 44.9 Å². The lowest BCUT2D eigenvalue weighted by molar-refractivity contribution is 0.166. The topological polar surface area (TPSA) is 38.0 Å². The number of hydrogen-bond donors (Lipinski definition) is 2. The Kier molecular flexibility index (Phi) is 4.51. The molecule has 1 aromatic rings. The van der Waals surface area contributed by atoms with E-state index in [9.17, 15) is 0 Å². The van der Waals surface area contributed by atoms with E-state index in [-0.39, 0.29) is 5.54 Å². The first-order valence-corrected chi connectivity index (χ1v) is 7.63. The summed E-state index contributed by atoms with van der Waals surface area (Å²) in [6, 6.07) is 8.54. The van der Waals surface area contributed by atoms with Crippen LogP contribution in [0.1, 0.15) is 45.1 Å². The van der Waals surface area contributed by atoms with Crippen molar-refractivity contribution in [1.29, 1.82) is 0 Å². The Bertz CT molecular complexity index is 413. The summed E-state index contributed by atoms with van der Waals surface area (Å²) in [5.41, 5.74) is 8.84. The Hall–Kier alpha value is -1.02. The molecule has 2 nitrogen and oxygen atoms in total. The zero-order valence-electron chi connectivity index (χ0n) is 12.6. The molecule has 1 aromatic carbocycles. The Morgan fingerprint density at radius 1 is 1.32 bits per heavy atom. The van der Waals surface area contributed by atoms with E-state index < -0.39 is 0 Å². The predicted molar refractivity (Wildman–Crippen MR) is 83.4 cm³/mol. The van der Waals surface area contributed by atoms with Crippen LogP contribution in [-0.2, 0) is 0 Å². The van der Waals surface area contributed by atoms with Crippen LogP contribution in [0, 0.1) is 18.8 Å². The highest BCUT2D eigenvalue weighted by Gasteiger charge is 2.41. The number of hydrogen-bond acceptors (Lipinski definition) is 2. The van der Waals surface area contributed by atoms with Crippen molar-refractivity contribution in [3.05, 3.63) is 29.8 Å². The molecular weight excluding hydrogens is 232 g/mol. The molecular formula is C17H28N2. The molecule has 0 saturated heterocycles. The number of rotatable bonds is 4. The summed E-state index contributed by atoms with van der Waals surface area (Å²) in [6.07, 6.45) is 5.13. The lowest BCUT2D eigenvalue weighted by Gasteiger charge is -2.47. The Morgan fingerprint density at radius 3 is 2.68 bits per heavy atom. The third-order valence-electron chi connectivity index (χ3n) is 4.80. The van der Waals surface area contributed by atoms with E-state index >= 15 is 0 Å². The van der Waals surface area contributed by atoms with Crippen molar-refractivity contribution in [3.63, 3.8) is 0 Å². The second-order valence-electron chi connectivity index (χ2n) is 6.40. The first kappa shape index (κ1) is 14.4. The Labute approximate surface area is 117 Å². The van der Waals surface area contributed by atoms with Crippen molar-refractivity contribution < 1.29 is 0 Å². The Balaban J connectivity index is 2.28. The summed E-state index contributed by atoms with van der Waals surface area (Å²) >= 11 is 0. The summed E-state index contributed by atoms with van der Waals surface area (Å²) in [5, 5.41) is 3.82. The van der Waals surface area contributed by atoms with Crippen LogP contribution < -0.4 is 11.1 Å². The molecule has 0 radical (unpaired) electrons. The van der Waals surface area contributed by atoms with E-state index in [1.807, 2.05) is 0 Å². The van der Waals surface area contributed by atoms with Gasteiger partial charge < -0.3 is 11.1 Å². The molecule has 106 valence electrons. The monoisotopic (exact) mass is 260 g/mol. The van der Waals surface area contributed by atoms with E-state index in [4.69, 9.17) is 5.73 Å². The second-order valence-corrected chi connectivity index (χ2v) is 6.40. The fourth-order valence-corrected chi connectivity index (χ4v) is 3.68. The first-order valence-electron chi connectivity index (χ1n) is 7.63. The molecule has 2 atom stereocenters. The van der Waals surface area contributed by atoms with Crippen LogP contribution >= 0.6 is 0 Å². The van der Waals surface area contributed by atoms with E-state index in [2.05, 4.69) is 50.4 Å². The quantitative estimate of drug-likeness (QED) is 0.860. The van der Waals surface area contributed by atoms with Crippen molar-refractivity contribution in [3.8, 4) is 0 Å². The second kappa shape index (κ2) is 5.96. The number of para-hydroxylation sites is 1. The maximum atomic E-state index is 6.20. The van der Waals surface area contributed by atoms with Crippen molar-refractivity contribution in [2.24, 2.45) is 17.6 Å². The molecule has 3 N–H and O–H groups in total. The molecule has 0 aromatic heterocycles. The molecule has 2 rings (SSSR count). The molecule has 1 aliphatic rings. The standard InChI is InChI=1S/C17H28N2/c1-13(2)15-9-6-7-11-17(15,12-18)19-16-10-5-4-8-14(16)3/h4-5,8,10,13,15,19H,6-7,9,11-12,18H2,1-3H3. The number of aryl methyl sites for hydroxylation is 1. The van der Waals surface area contributed by atoms with Gasteiger partial charge in [0, 0.05) is 12.2 Å². The van der Waals surface area contributed by atoms with E-state index in [1.54, 1.807) is 0 Å². The van der Waals surface area contributed by atoms with Crippen LogP contribution in [0.15, 0.2) is 24.3 Å². The van der Waals surface area contributed by atoms with Gasteiger partial charge in [-0.15, -0.1) is 0 Å². The third-order valence-corrected chi connectivity index (χ3v) is 4.80. The molecule has 0 aliphatic heterocycles. The maximum absolute atomic E-state index is 6.20. The van der Waals surface area contributed by atoms with Gasteiger partial charge in [0.2, 0.25) is 0 Å². The number of anilines is 1. The highest BCUT2D eigenvalue weighted by atomic mass is 15.0. The van der Waals surface area contributed by atoms with Crippen molar-refractivity contribution in [2.45, 2.75) is 52.0 Å². The predicted octanol–water partition coefficient (Wildman–Crippen LogP) is 3.95. The van der Waals surface area contributed by atoms with Gasteiger partial charge in [-0.3, -0.25) is 0 Å². The van der Waals surface area contributed by atoms with Crippen LogP contribution in [0.25, 0.3) is 0 Å². The van der Waals surface area contributed by atoms with Crippen LogP contribution in [0.4, 0.5) is 5.69 Å². The molecule has 1 saturated carbocycles. The Morgan fingerprint density at radius 2 is 2.05 bits per heavy atom. The van der Waals surface area contributed by atoms with Crippen LogP contribution in [0.3, 0.4) is 0 Å². The minimum Gasteiger partial charge on any atom is -0.378 e. The minimum atomic E-state index is 0.0819. The van der Waals surface area contributed by atoms with Crippen molar-refractivity contribution >= 4 is 5.69 Å². The summed E-state index contributed by atoms with van der Waals surface area (Å²) in [7, 11) is 0. The summed E-state index contributed by atoms with van der Waals surface area (Å²) in [4.78, 5) is 0. The number of benzene rings is 1. The van der Waals surface area contributed by atoms with Gasteiger partial charge >= 0.3 is 0 Å². The van der Waals surface area contributed by atoms with Crippen LogP contribution in [0.5, 0.6) is 0 Å². The molecule has 19 heavy (non-hydrogen) atoms. The van der Waals surface area contributed by atoms with Gasteiger partial charge in [0.25, 0.3) is 0 Å². The minimum absolute atomic E-state index is 0.0819. The number of nitrogens with one attached hydrogen (secondary N) is 1. The molecule has 2 heteroatoms. The molecule has 0 bridgehead atoms. The van der Waals surface area contributed by atoms with Crippen LogP contribution in [0.2, 0.25) is 0 Å². The third kappa shape index (κ3) is 2.94. The van der Waals surface area contributed by atoms with E-state index in [0.29, 0.717) is 11.8 Å². The van der Waals surface area contributed by atoms with Crippen LogP contribution in [-0.4, -0.2) is 12.1 Å². The van der Waals surface area contributed by atoms with Gasteiger partial charge in [-0.2, -0.15) is 0 Å². The fraction of sp³-hybridized carbons (Fsp3) is 0.647. The molecule has 0 spiro atoms. The summed E-state index contributed by atoms with van der Waals surface area (Å²) in [6.45, 7) is 7.56. The van der Waals surface area contributed by atoms with Gasteiger partial charge in [-0.25, -0.2) is 0 Å². The van der Waals surface area contributed by atoms with Gasteiger partial charge in [-0.05, 0) is 43.2 Å². The lowest BCUT2D eigenvalue weighted by atomic mass is 9.67. The average Bonchev–Trinajstić information content (AvgIpc) is 2.41. The van der Waals surface area contributed by atoms with Crippen molar-refractivity contribution in [2.75, 3.05) is 11.9 Å². The molecule has 0 amide bonds. The molecule has 2 unspecified atom stereocenters. The highest BCUT2D eigenvalue weighted by Crippen LogP contribution is 2.40. The zero-order chi connectivity index (χ0) is 13.9. The summed E-state index contributed by atoms with van der Waals surface area (Å²) < 4.78 is 0. The maximum Gasteiger partial charge on any atom is 0.0526 e. The fourth-order valence-electron chi connectivity index (χ4n) is 3.68. The molecule has 1 aliphatic carbocycles. The smallest absolute Gasteiger partial charge is 0.0526 e. The molecule has 1 fully saturated rings. The molecule has 0 heterocycles.